The Morgan fingerprint density at radius 1 is 0.926 bits per heavy atom. The molecule has 5 nitrogen and oxygen atoms in total. The summed E-state index contributed by atoms with van der Waals surface area (Å²) in [6.07, 6.45) is 1.95. The van der Waals surface area contributed by atoms with Crippen molar-refractivity contribution in [3.8, 4) is 17.0 Å². The molecule has 0 aliphatic heterocycles. The third-order valence-corrected chi connectivity index (χ3v) is 4.24. The first-order chi connectivity index (χ1) is 13.2. The Labute approximate surface area is 158 Å². The SMILES string of the molecule is CCOc1ccc(N=Nc2c(-c3ccc(C)cc3)nc3ccccn23)cc1. The van der Waals surface area contributed by atoms with Gasteiger partial charge in [0.05, 0.1) is 12.3 Å². The molecule has 4 aromatic rings. The third-order valence-electron chi connectivity index (χ3n) is 4.24. The normalized spacial score (nSPS) is 11.3. The predicted molar refractivity (Wildman–Crippen MR) is 107 cm³/mol. The Morgan fingerprint density at radius 2 is 1.70 bits per heavy atom. The van der Waals surface area contributed by atoms with Crippen molar-refractivity contribution in [2.45, 2.75) is 13.8 Å². The van der Waals surface area contributed by atoms with E-state index < -0.39 is 0 Å². The van der Waals surface area contributed by atoms with Crippen molar-refractivity contribution < 1.29 is 4.74 Å². The highest BCUT2D eigenvalue weighted by Crippen LogP contribution is 2.32. The van der Waals surface area contributed by atoms with E-state index >= 15 is 0 Å². The molecule has 0 amide bonds. The lowest BCUT2D eigenvalue weighted by Crippen LogP contribution is -1.89. The highest BCUT2D eigenvalue weighted by atomic mass is 16.5. The topological polar surface area (TPSA) is 51.2 Å². The molecule has 0 spiro atoms. The quantitative estimate of drug-likeness (QED) is 0.404. The number of azo groups is 1. The molecule has 0 aliphatic carbocycles. The summed E-state index contributed by atoms with van der Waals surface area (Å²) < 4.78 is 7.42. The van der Waals surface area contributed by atoms with Crippen molar-refractivity contribution in [2.75, 3.05) is 6.61 Å². The molecule has 27 heavy (non-hydrogen) atoms. The molecule has 0 saturated heterocycles. The van der Waals surface area contributed by atoms with Crippen LogP contribution < -0.4 is 4.74 Å². The predicted octanol–water partition coefficient (Wildman–Crippen LogP) is 6.12. The maximum Gasteiger partial charge on any atom is 0.187 e. The molecule has 2 heterocycles. The fourth-order valence-corrected chi connectivity index (χ4v) is 2.86. The van der Waals surface area contributed by atoms with E-state index in [1.165, 1.54) is 5.56 Å². The van der Waals surface area contributed by atoms with Crippen LogP contribution in [0.5, 0.6) is 5.75 Å². The zero-order valence-corrected chi connectivity index (χ0v) is 15.3. The van der Waals surface area contributed by atoms with Crippen LogP contribution in [0.15, 0.2) is 83.2 Å². The standard InChI is InChI=1S/C22H20N4O/c1-3-27-19-13-11-18(12-14-19)24-25-22-21(17-9-7-16(2)8-10-17)23-20-6-4-5-15-26(20)22/h4-15H,3H2,1-2H3. The van der Waals surface area contributed by atoms with Crippen molar-refractivity contribution in [1.82, 2.24) is 9.38 Å². The van der Waals surface area contributed by atoms with Crippen molar-refractivity contribution >= 4 is 17.2 Å². The van der Waals surface area contributed by atoms with E-state index in [0.717, 1.165) is 28.3 Å². The van der Waals surface area contributed by atoms with E-state index in [-0.39, 0.29) is 0 Å². The van der Waals surface area contributed by atoms with Gasteiger partial charge in [-0.25, -0.2) is 4.98 Å². The highest BCUT2D eigenvalue weighted by Gasteiger charge is 2.13. The fourth-order valence-electron chi connectivity index (χ4n) is 2.86. The van der Waals surface area contributed by atoms with Gasteiger partial charge < -0.3 is 4.74 Å². The zero-order chi connectivity index (χ0) is 18.6. The van der Waals surface area contributed by atoms with Crippen LogP contribution in [0.4, 0.5) is 11.5 Å². The average molecular weight is 356 g/mol. The summed E-state index contributed by atoms with van der Waals surface area (Å²) in [4.78, 5) is 4.75. The molecule has 0 radical (unpaired) electrons. The summed E-state index contributed by atoms with van der Waals surface area (Å²) in [6.45, 7) is 4.67. The van der Waals surface area contributed by atoms with Gasteiger partial charge in [0.15, 0.2) is 5.82 Å². The maximum atomic E-state index is 5.47. The molecule has 0 atom stereocenters. The summed E-state index contributed by atoms with van der Waals surface area (Å²) in [5.41, 5.74) is 4.65. The summed E-state index contributed by atoms with van der Waals surface area (Å²) in [6, 6.07) is 21.7. The number of pyridine rings is 1. The van der Waals surface area contributed by atoms with Gasteiger partial charge in [-0.15, -0.1) is 10.2 Å². The van der Waals surface area contributed by atoms with Gasteiger partial charge in [-0.3, -0.25) is 4.40 Å². The third kappa shape index (κ3) is 3.58. The van der Waals surface area contributed by atoms with E-state index in [1.807, 2.05) is 60.0 Å². The van der Waals surface area contributed by atoms with Crippen LogP contribution in [-0.4, -0.2) is 16.0 Å². The smallest absolute Gasteiger partial charge is 0.187 e. The van der Waals surface area contributed by atoms with Crippen LogP contribution in [0.3, 0.4) is 0 Å². The molecule has 2 aromatic carbocycles. The fraction of sp³-hybridized carbons (Fsp3) is 0.136. The summed E-state index contributed by atoms with van der Waals surface area (Å²) >= 11 is 0. The van der Waals surface area contributed by atoms with E-state index in [4.69, 9.17) is 9.72 Å². The number of fused-ring (bicyclic) bond motifs is 1. The molecule has 5 heteroatoms. The van der Waals surface area contributed by atoms with Crippen molar-refractivity contribution in [1.29, 1.82) is 0 Å². The number of rotatable bonds is 5. The van der Waals surface area contributed by atoms with E-state index in [1.54, 1.807) is 0 Å². The molecule has 0 unspecified atom stereocenters. The Hall–Kier alpha value is -3.47. The Kier molecular flexibility index (Phi) is 4.66. The number of hydrogen-bond donors (Lipinski definition) is 0. The van der Waals surface area contributed by atoms with Crippen LogP contribution >= 0.6 is 0 Å². The van der Waals surface area contributed by atoms with E-state index in [2.05, 4.69) is 41.4 Å². The second-order valence-corrected chi connectivity index (χ2v) is 6.21. The second-order valence-electron chi connectivity index (χ2n) is 6.21. The monoisotopic (exact) mass is 356 g/mol. The molecule has 0 bridgehead atoms. The minimum atomic E-state index is 0.641. The van der Waals surface area contributed by atoms with Crippen LogP contribution in [0, 0.1) is 6.92 Å². The Bertz CT molecular complexity index is 1080. The van der Waals surface area contributed by atoms with Crippen molar-refractivity contribution in [3.05, 3.63) is 78.5 Å². The lowest BCUT2D eigenvalue weighted by atomic mass is 10.1. The van der Waals surface area contributed by atoms with Crippen molar-refractivity contribution in [3.63, 3.8) is 0 Å². The number of nitrogens with zero attached hydrogens (tertiary/aromatic N) is 4. The number of aryl methyl sites for hydroxylation is 1. The molecule has 4 rings (SSSR count). The number of imidazole rings is 1. The van der Waals surface area contributed by atoms with Gasteiger partial charge in [0, 0.05) is 11.8 Å². The minimum Gasteiger partial charge on any atom is -0.494 e. The van der Waals surface area contributed by atoms with Gasteiger partial charge >= 0.3 is 0 Å². The number of aromatic nitrogens is 2. The van der Waals surface area contributed by atoms with Gasteiger partial charge in [0.25, 0.3) is 0 Å². The van der Waals surface area contributed by atoms with E-state index in [9.17, 15) is 0 Å². The molecular formula is C22H20N4O. The molecule has 134 valence electrons. The number of hydrogen-bond acceptors (Lipinski definition) is 4. The summed E-state index contributed by atoms with van der Waals surface area (Å²) in [5.74, 6) is 1.54. The van der Waals surface area contributed by atoms with Crippen LogP contribution in [-0.2, 0) is 0 Å². The van der Waals surface area contributed by atoms with Gasteiger partial charge in [-0.2, -0.15) is 0 Å². The number of benzene rings is 2. The lowest BCUT2D eigenvalue weighted by molar-refractivity contribution is 0.340. The molecular weight excluding hydrogens is 336 g/mol. The lowest BCUT2D eigenvalue weighted by Gasteiger charge is -2.02. The molecule has 0 fully saturated rings. The zero-order valence-electron chi connectivity index (χ0n) is 15.3. The van der Waals surface area contributed by atoms with Gasteiger partial charge in [-0.05, 0) is 50.2 Å². The minimum absolute atomic E-state index is 0.641. The molecule has 0 N–H and O–H groups in total. The van der Waals surface area contributed by atoms with Gasteiger partial charge in [0.1, 0.15) is 17.1 Å². The van der Waals surface area contributed by atoms with Gasteiger partial charge in [-0.1, -0.05) is 35.9 Å². The first-order valence-corrected chi connectivity index (χ1v) is 8.93. The van der Waals surface area contributed by atoms with Crippen LogP contribution in [0.2, 0.25) is 0 Å². The number of ether oxygens (including phenoxy) is 1. The van der Waals surface area contributed by atoms with Crippen LogP contribution in [0.25, 0.3) is 16.9 Å². The average Bonchev–Trinajstić information content (AvgIpc) is 3.07. The largest absolute Gasteiger partial charge is 0.494 e. The summed E-state index contributed by atoms with van der Waals surface area (Å²) in [7, 11) is 0. The Morgan fingerprint density at radius 3 is 2.44 bits per heavy atom. The Balaban J connectivity index is 1.75. The van der Waals surface area contributed by atoms with Gasteiger partial charge in [0.2, 0.25) is 0 Å². The molecule has 0 aliphatic rings. The first kappa shape index (κ1) is 17.0. The second kappa shape index (κ2) is 7.41. The van der Waals surface area contributed by atoms with Crippen molar-refractivity contribution in [2.24, 2.45) is 10.2 Å². The van der Waals surface area contributed by atoms with E-state index in [0.29, 0.717) is 12.4 Å². The summed E-state index contributed by atoms with van der Waals surface area (Å²) in [5, 5.41) is 8.94. The molecule has 2 aromatic heterocycles. The molecule has 0 saturated carbocycles. The first-order valence-electron chi connectivity index (χ1n) is 8.93. The van der Waals surface area contributed by atoms with Crippen LogP contribution in [0.1, 0.15) is 12.5 Å². The maximum absolute atomic E-state index is 5.47. The highest BCUT2D eigenvalue weighted by molar-refractivity contribution is 5.74.